The zero-order valence-electron chi connectivity index (χ0n) is 10.6. The van der Waals surface area contributed by atoms with Gasteiger partial charge in [0.15, 0.2) is 0 Å². The van der Waals surface area contributed by atoms with Crippen LogP contribution in [0.4, 0.5) is 0 Å². The lowest BCUT2D eigenvalue weighted by molar-refractivity contribution is 0.0530. The van der Waals surface area contributed by atoms with Gasteiger partial charge in [0.1, 0.15) is 0 Å². The molecule has 16 heavy (non-hydrogen) atoms. The molecular formula is C12H25NO2S. The summed E-state index contributed by atoms with van der Waals surface area (Å²) in [7, 11) is 3.51. The van der Waals surface area contributed by atoms with Gasteiger partial charge in [0.2, 0.25) is 0 Å². The molecule has 0 saturated heterocycles. The molecule has 1 aliphatic rings. The van der Waals surface area contributed by atoms with Gasteiger partial charge in [0, 0.05) is 33.9 Å². The van der Waals surface area contributed by atoms with Crippen molar-refractivity contribution >= 4 is 12.6 Å². The fourth-order valence-electron chi connectivity index (χ4n) is 2.23. The van der Waals surface area contributed by atoms with E-state index in [1.807, 2.05) is 0 Å². The summed E-state index contributed by atoms with van der Waals surface area (Å²) in [6.45, 7) is 4.73. The van der Waals surface area contributed by atoms with Gasteiger partial charge in [-0.1, -0.05) is 6.42 Å². The van der Waals surface area contributed by atoms with Crippen molar-refractivity contribution < 1.29 is 9.47 Å². The Morgan fingerprint density at radius 2 is 1.69 bits per heavy atom. The van der Waals surface area contributed by atoms with Crippen LogP contribution >= 0.6 is 12.6 Å². The van der Waals surface area contributed by atoms with Crippen LogP contribution < -0.4 is 0 Å². The number of hydrogen-bond acceptors (Lipinski definition) is 4. The first-order valence-electron chi connectivity index (χ1n) is 6.07. The summed E-state index contributed by atoms with van der Waals surface area (Å²) in [5, 5.41) is 0. The van der Waals surface area contributed by atoms with Gasteiger partial charge in [-0.25, -0.2) is 0 Å². The predicted octanol–water partition coefficient (Wildman–Crippen LogP) is 1.68. The summed E-state index contributed by atoms with van der Waals surface area (Å²) >= 11 is 4.50. The third-order valence-corrected chi connectivity index (χ3v) is 4.20. The quantitative estimate of drug-likeness (QED) is 0.627. The second-order valence-corrected chi connectivity index (χ2v) is 5.09. The Balaban J connectivity index is 2.34. The van der Waals surface area contributed by atoms with Crippen LogP contribution in [0.1, 0.15) is 19.3 Å². The van der Waals surface area contributed by atoms with Gasteiger partial charge in [-0.3, -0.25) is 4.90 Å². The molecular weight excluding hydrogens is 222 g/mol. The van der Waals surface area contributed by atoms with Crippen molar-refractivity contribution in [1.82, 2.24) is 4.90 Å². The Hall–Kier alpha value is 0.230. The second kappa shape index (κ2) is 7.54. The Kier molecular flexibility index (Phi) is 6.73. The zero-order valence-corrected chi connectivity index (χ0v) is 11.5. The molecule has 0 heterocycles. The third-order valence-electron chi connectivity index (χ3n) is 3.53. The highest BCUT2D eigenvalue weighted by molar-refractivity contribution is 7.80. The molecule has 96 valence electrons. The highest BCUT2D eigenvalue weighted by atomic mass is 32.1. The minimum absolute atomic E-state index is 0.463. The monoisotopic (exact) mass is 247 g/mol. The first-order valence-corrected chi connectivity index (χ1v) is 6.71. The average molecular weight is 247 g/mol. The molecule has 0 amide bonds. The van der Waals surface area contributed by atoms with Crippen LogP contribution in [0.2, 0.25) is 0 Å². The number of nitrogens with zero attached hydrogens (tertiary/aromatic N) is 1. The van der Waals surface area contributed by atoms with E-state index < -0.39 is 0 Å². The van der Waals surface area contributed by atoms with E-state index in [9.17, 15) is 0 Å². The first kappa shape index (κ1) is 14.3. The number of methoxy groups -OCH3 is 2. The summed E-state index contributed by atoms with van der Waals surface area (Å²) in [5.41, 5.74) is 0.463. The number of rotatable bonds is 9. The van der Waals surface area contributed by atoms with Gasteiger partial charge in [0.25, 0.3) is 0 Å². The van der Waals surface area contributed by atoms with E-state index in [1.54, 1.807) is 14.2 Å². The van der Waals surface area contributed by atoms with E-state index in [-0.39, 0.29) is 0 Å². The van der Waals surface area contributed by atoms with Gasteiger partial charge < -0.3 is 9.47 Å². The van der Waals surface area contributed by atoms with Crippen LogP contribution in [0.3, 0.4) is 0 Å². The molecule has 1 fully saturated rings. The minimum atomic E-state index is 0.463. The molecule has 0 aromatic rings. The fourth-order valence-corrected chi connectivity index (χ4v) is 2.64. The van der Waals surface area contributed by atoms with Gasteiger partial charge in [0.05, 0.1) is 13.2 Å². The van der Waals surface area contributed by atoms with Crippen molar-refractivity contribution in [1.29, 1.82) is 0 Å². The molecule has 0 radical (unpaired) electrons. The van der Waals surface area contributed by atoms with Gasteiger partial charge in [-0.05, 0) is 24.0 Å². The highest BCUT2D eigenvalue weighted by Crippen LogP contribution is 2.42. The molecule has 0 aromatic carbocycles. The van der Waals surface area contributed by atoms with Gasteiger partial charge >= 0.3 is 0 Å². The van der Waals surface area contributed by atoms with Crippen molar-refractivity contribution in [2.24, 2.45) is 5.41 Å². The number of thiol groups is 1. The molecule has 0 aliphatic heterocycles. The lowest BCUT2D eigenvalue weighted by Crippen LogP contribution is -2.45. The number of ether oxygens (including phenoxy) is 2. The maximum Gasteiger partial charge on any atom is 0.0589 e. The molecule has 0 N–H and O–H groups in total. The normalized spacial score (nSPS) is 18.8. The third kappa shape index (κ3) is 4.24. The fraction of sp³-hybridized carbons (Fsp3) is 1.00. The van der Waals surface area contributed by atoms with E-state index in [1.165, 1.54) is 19.3 Å². The lowest BCUT2D eigenvalue weighted by atomic mass is 9.70. The largest absolute Gasteiger partial charge is 0.383 e. The van der Waals surface area contributed by atoms with Crippen LogP contribution in [0.5, 0.6) is 0 Å². The molecule has 0 spiro atoms. The Labute approximate surface area is 105 Å². The molecule has 0 bridgehead atoms. The van der Waals surface area contributed by atoms with Crippen molar-refractivity contribution in [3.8, 4) is 0 Å². The predicted molar refractivity (Wildman–Crippen MR) is 70.3 cm³/mol. The average Bonchev–Trinajstić information content (AvgIpc) is 2.26. The summed E-state index contributed by atoms with van der Waals surface area (Å²) in [6.07, 6.45) is 4.02. The van der Waals surface area contributed by atoms with E-state index >= 15 is 0 Å². The van der Waals surface area contributed by atoms with E-state index in [2.05, 4.69) is 17.5 Å². The molecule has 0 atom stereocenters. The molecule has 4 heteroatoms. The lowest BCUT2D eigenvalue weighted by Gasteiger charge is -2.44. The standard InChI is InChI=1S/C12H25NO2S/c1-14-8-6-13(7-9-15-2)10-12(11-16)4-3-5-12/h16H,3-11H2,1-2H3. The maximum absolute atomic E-state index is 5.15. The van der Waals surface area contributed by atoms with Crippen molar-refractivity contribution in [2.45, 2.75) is 19.3 Å². The molecule has 1 rings (SSSR count). The smallest absolute Gasteiger partial charge is 0.0589 e. The van der Waals surface area contributed by atoms with Crippen LogP contribution in [0, 0.1) is 5.41 Å². The van der Waals surface area contributed by atoms with Crippen LogP contribution in [0.15, 0.2) is 0 Å². The summed E-state index contributed by atoms with van der Waals surface area (Å²) in [4.78, 5) is 2.45. The van der Waals surface area contributed by atoms with Crippen LogP contribution in [-0.2, 0) is 9.47 Å². The maximum atomic E-state index is 5.15. The van der Waals surface area contributed by atoms with E-state index in [0.717, 1.165) is 38.6 Å². The second-order valence-electron chi connectivity index (χ2n) is 4.77. The molecule has 1 saturated carbocycles. The zero-order chi connectivity index (χ0) is 11.9. The summed E-state index contributed by atoms with van der Waals surface area (Å²) in [6, 6.07) is 0. The van der Waals surface area contributed by atoms with Crippen LogP contribution in [0.25, 0.3) is 0 Å². The number of hydrogen-bond donors (Lipinski definition) is 1. The minimum Gasteiger partial charge on any atom is -0.383 e. The van der Waals surface area contributed by atoms with Gasteiger partial charge in [-0.15, -0.1) is 0 Å². The van der Waals surface area contributed by atoms with Crippen molar-refractivity contribution in [3.05, 3.63) is 0 Å². The van der Waals surface area contributed by atoms with E-state index in [0.29, 0.717) is 5.41 Å². The Morgan fingerprint density at radius 3 is 2.00 bits per heavy atom. The topological polar surface area (TPSA) is 21.7 Å². The summed E-state index contributed by atoms with van der Waals surface area (Å²) < 4.78 is 10.3. The first-order chi connectivity index (χ1) is 7.76. The molecule has 1 aliphatic carbocycles. The van der Waals surface area contributed by atoms with Gasteiger partial charge in [-0.2, -0.15) is 12.6 Å². The SMILES string of the molecule is COCCN(CCOC)CC1(CS)CCC1. The van der Waals surface area contributed by atoms with Crippen molar-refractivity contribution in [2.75, 3.05) is 52.8 Å². The highest BCUT2D eigenvalue weighted by Gasteiger charge is 2.36. The Bertz CT molecular complexity index is 172. The molecule has 0 aromatic heterocycles. The van der Waals surface area contributed by atoms with Crippen LogP contribution in [-0.4, -0.2) is 57.7 Å². The van der Waals surface area contributed by atoms with Crippen molar-refractivity contribution in [3.63, 3.8) is 0 Å². The molecule has 0 unspecified atom stereocenters. The van der Waals surface area contributed by atoms with E-state index in [4.69, 9.17) is 9.47 Å². The summed E-state index contributed by atoms with van der Waals surface area (Å²) in [5.74, 6) is 1.00. The Morgan fingerprint density at radius 1 is 1.12 bits per heavy atom. The molecule has 3 nitrogen and oxygen atoms in total.